The van der Waals surface area contributed by atoms with Gasteiger partial charge in [0.25, 0.3) is 0 Å². The van der Waals surface area contributed by atoms with Gasteiger partial charge in [0.05, 0.1) is 0 Å². The molecule has 0 rings (SSSR count). The lowest BCUT2D eigenvalue weighted by atomic mass is 10.0. The van der Waals surface area contributed by atoms with Crippen molar-refractivity contribution in [3.05, 3.63) is 0 Å². The van der Waals surface area contributed by atoms with Crippen molar-refractivity contribution in [3.63, 3.8) is 0 Å². The first-order valence-corrected chi connectivity index (χ1v) is 5.55. The maximum atomic E-state index is 5.72. The van der Waals surface area contributed by atoms with Gasteiger partial charge in [-0.05, 0) is 39.3 Å². The highest BCUT2D eigenvalue weighted by molar-refractivity contribution is 4.68. The lowest BCUT2D eigenvalue weighted by Gasteiger charge is -2.27. The van der Waals surface area contributed by atoms with Crippen LogP contribution in [-0.4, -0.2) is 31.1 Å². The molecular weight excluding hydrogens is 160 g/mol. The Morgan fingerprint density at radius 3 is 2.31 bits per heavy atom. The van der Waals surface area contributed by atoms with Crippen molar-refractivity contribution in [1.29, 1.82) is 0 Å². The third-order valence-corrected chi connectivity index (χ3v) is 2.92. The molecule has 0 amide bonds. The van der Waals surface area contributed by atoms with E-state index in [0.717, 1.165) is 13.1 Å². The third-order valence-electron chi connectivity index (χ3n) is 2.92. The molecule has 0 bridgehead atoms. The smallest absolute Gasteiger partial charge is 0.00613 e. The van der Waals surface area contributed by atoms with E-state index in [1.807, 2.05) is 0 Å². The molecule has 2 heteroatoms. The average molecular weight is 186 g/mol. The Morgan fingerprint density at radius 1 is 1.31 bits per heavy atom. The molecule has 0 radical (unpaired) electrons. The highest BCUT2D eigenvalue weighted by Crippen LogP contribution is 2.09. The predicted molar refractivity (Wildman–Crippen MR) is 59.8 cm³/mol. The molecule has 2 nitrogen and oxygen atoms in total. The van der Waals surface area contributed by atoms with E-state index in [1.54, 1.807) is 0 Å². The Kier molecular flexibility index (Phi) is 7.29. The molecule has 0 aliphatic heterocycles. The minimum Gasteiger partial charge on any atom is -0.330 e. The first-order valence-electron chi connectivity index (χ1n) is 5.55. The molecule has 0 aromatic rings. The molecule has 2 atom stereocenters. The van der Waals surface area contributed by atoms with Crippen molar-refractivity contribution in [3.8, 4) is 0 Å². The van der Waals surface area contributed by atoms with Crippen LogP contribution in [0.5, 0.6) is 0 Å². The maximum absolute atomic E-state index is 5.72. The fraction of sp³-hybridized carbons (Fsp3) is 1.00. The van der Waals surface area contributed by atoms with E-state index in [2.05, 4.69) is 32.7 Å². The van der Waals surface area contributed by atoms with Gasteiger partial charge in [-0.2, -0.15) is 0 Å². The van der Waals surface area contributed by atoms with Crippen LogP contribution >= 0.6 is 0 Å². The Labute approximate surface area is 83.5 Å². The molecule has 2 unspecified atom stereocenters. The van der Waals surface area contributed by atoms with Crippen molar-refractivity contribution >= 4 is 0 Å². The Balaban J connectivity index is 3.78. The lowest BCUT2D eigenvalue weighted by Crippen LogP contribution is -2.35. The minimum atomic E-state index is 0.684. The second-order valence-corrected chi connectivity index (χ2v) is 4.09. The molecule has 0 aliphatic carbocycles. The normalized spacial score (nSPS) is 16.2. The summed E-state index contributed by atoms with van der Waals surface area (Å²) >= 11 is 0. The standard InChI is InChI=1S/C11H26N2/c1-5-7-11(8-12)9-13(4)10(3)6-2/h10-11H,5-9,12H2,1-4H3. The Morgan fingerprint density at radius 2 is 1.92 bits per heavy atom. The van der Waals surface area contributed by atoms with Crippen LogP contribution in [-0.2, 0) is 0 Å². The summed E-state index contributed by atoms with van der Waals surface area (Å²) < 4.78 is 0. The van der Waals surface area contributed by atoms with Gasteiger partial charge in [0.15, 0.2) is 0 Å². The second kappa shape index (κ2) is 7.34. The maximum Gasteiger partial charge on any atom is 0.00613 e. The van der Waals surface area contributed by atoms with E-state index in [-0.39, 0.29) is 0 Å². The summed E-state index contributed by atoms with van der Waals surface area (Å²) in [5, 5.41) is 0. The van der Waals surface area contributed by atoms with Gasteiger partial charge in [0.2, 0.25) is 0 Å². The van der Waals surface area contributed by atoms with Gasteiger partial charge in [-0.3, -0.25) is 0 Å². The fourth-order valence-electron chi connectivity index (χ4n) is 1.59. The van der Waals surface area contributed by atoms with Gasteiger partial charge < -0.3 is 10.6 Å². The van der Waals surface area contributed by atoms with Crippen LogP contribution in [0.25, 0.3) is 0 Å². The SMILES string of the molecule is CCCC(CN)CN(C)C(C)CC. The molecule has 0 saturated carbocycles. The van der Waals surface area contributed by atoms with Crippen LogP contribution in [0.1, 0.15) is 40.0 Å². The second-order valence-electron chi connectivity index (χ2n) is 4.09. The number of hydrogen-bond acceptors (Lipinski definition) is 2. The average Bonchev–Trinajstić information content (AvgIpc) is 2.15. The van der Waals surface area contributed by atoms with Gasteiger partial charge in [-0.25, -0.2) is 0 Å². The lowest BCUT2D eigenvalue weighted by molar-refractivity contribution is 0.210. The molecule has 0 heterocycles. The zero-order chi connectivity index (χ0) is 10.3. The number of hydrogen-bond donors (Lipinski definition) is 1. The van der Waals surface area contributed by atoms with Gasteiger partial charge >= 0.3 is 0 Å². The molecule has 0 saturated heterocycles. The minimum absolute atomic E-state index is 0.684. The molecule has 2 N–H and O–H groups in total. The molecule has 13 heavy (non-hydrogen) atoms. The zero-order valence-electron chi connectivity index (χ0n) is 9.71. The van der Waals surface area contributed by atoms with Crippen LogP contribution in [0.3, 0.4) is 0 Å². The number of nitrogens with two attached hydrogens (primary N) is 1. The van der Waals surface area contributed by atoms with Gasteiger partial charge in [-0.15, -0.1) is 0 Å². The Bertz CT molecular complexity index is 115. The van der Waals surface area contributed by atoms with Crippen LogP contribution in [0.2, 0.25) is 0 Å². The predicted octanol–water partition coefficient (Wildman–Crippen LogP) is 2.09. The van der Waals surface area contributed by atoms with E-state index in [1.165, 1.54) is 19.3 Å². The summed E-state index contributed by atoms with van der Waals surface area (Å²) in [5.74, 6) is 0.684. The summed E-state index contributed by atoms with van der Waals surface area (Å²) in [4.78, 5) is 2.42. The summed E-state index contributed by atoms with van der Waals surface area (Å²) in [6.07, 6.45) is 3.73. The topological polar surface area (TPSA) is 29.3 Å². The quantitative estimate of drug-likeness (QED) is 0.659. The van der Waals surface area contributed by atoms with Crippen LogP contribution < -0.4 is 5.73 Å². The first kappa shape index (κ1) is 12.9. The van der Waals surface area contributed by atoms with Crippen molar-refractivity contribution < 1.29 is 0 Å². The van der Waals surface area contributed by atoms with Crippen molar-refractivity contribution in [2.75, 3.05) is 20.1 Å². The van der Waals surface area contributed by atoms with Crippen LogP contribution in [0.4, 0.5) is 0 Å². The molecule has 80 valence electrons. The first-order chi connectivity index (χ1) is 6.15. The van der Waals surface area contributed by atoms with Gasteiger partial charge in [0, 0.05) is 12.6 Å². The van der Waals surface area contributed by atoms with Gasteiger partial charge in [-0.1, -0.05) is 20.3 Å². The Hall–Kier alpha value is -0.0800. The molecule has 0 fully saturated rings. The van der Waals surface area contributed by atoms with E-state index in [9.17, 15) is 0 Å². The van der Waals surface area contributed by atoms with E-state index >= 15 is 0 Å². The highest BCUT2D eigenvalue weighted by atomic mass is 15.1. The fourth-order valence-corrected chi connectivity index (χ4v) is 1.59. The van der Waals surface area contributed by atoms with Crippen LogP contribution in [0, 0.1) is 5.92 Å². The summed E-state index contributed by atoms with van der Waals surface area (Å²) in [7, 11) is 2.20. The molecule has 0 aromatic carbocycles. The molecule has 0 aromatic heterocycles. The van der Waals surface area contributed by atoms with E-state index in [0.29, 0.717) is 12.0 Å². The van der Waals surface area contributed by atoms with Gasteiger partial charge in [0.1, 0.15) is 0 Å². The van der Waals surface area contributed by atoms with Crippen molar-refractivity contribution in [2.45, 2.75) is 46.1 Å². The number of rotatable bonds is 7. The molecular formula is C11H26N2. The van der Waals surface area contributed by atoms with E-state index < -0.39 is 0 Å². The van der Waals surface area contributed by atoms with E-state index in [4.69, 9.17) is 5.73 Å². The molecule has 0 aliphatic rings. The zero-order valence-corrected chi connectivity index (χ0v) is 9.71. The molecule has 0 spiro atoms. The third kappa shape index (κ3) is 5.27. The van der Waals surface area contributed by atoms with Crippen molar-refractivity contribution in [1.82, 2.24) is 4.90 Å². The summed E-state index contributed by atoms with van der Waals surface area (Å²) in [5.41, 5.74) is 5.72. The highest BCUT2D eigenvalue weighted by Gasteiger charge is 2.12. The summed E-state index contributed by atoms with van der Waals surface area (Å²) in [6.45, 7) is 8.72. The monoisotopic (exact) mass is 186 g/mol. The number of nitrogens with zero attached hydrogens (tertiary/aromatic N) is 1. The van der Waals surface area contributed by atoms with Crippen LogP contribution in [0.15, 0.2) is 0 Å². The van der Waals surface area contributed by atoms with Crippen molar-refractivity contribution in [2.24, 2.45) is 11.7 Å². The largest absolute Gasteiger partial charge is 0.330 e. The summed E-state index contributed by atoms with van der Waals surface area (Å²) in [6, 6.07) is 0.686.